The van der Waals surface area contributed by atoms with E-state index in [1.165, 1.54) is 30.3 Å². The Labute approximate surface area is 147 Å². The van der Waals surface area contributed by atoms with Crippen LogP contribution in [0.1, 0.15) is 5.56 Å². The van der Waals surface area contributed by atoms with Crippen LogP contribution < -0.4 is 5.32 Å². The third-order valence-corrected chi connectivity index (χ3v) is 4.12. The van der Waals surface area contributed by atoms with E-state index in [4.69, 9.17) is 4.42 Å². The van der Waals surface area contributed by atoms with Gasteiger partial charge in [0.15, 0.2) is 0 Å². The molecule has 2 N–H and O–H groups in total. The summed E-state index contributed by atoms with van der Waals surface area (Å²) in [6.45, 7) is 1.75. The first kappa shape index (κ1) is 17.0. The normalized spacial score (nSPS) is 10.6. The molecule has 8 heteroatoms. The molecule has 25 heavy (non-hydrogen) atoms. The molecule has 0 atom stereocenters. The van der Waals surface area contributed by atoms with Crippen molar-refractivity contribution in [3.05, 3.63) is 53.8 Å². The highest BCUT2D eigenvalue weighted by Crippen LogP contribution is 2.24. The smallest absolute Gasteiger partial charge is 0.277 e. The fourth-order valence-electron chi connectivity index (χ4n) is 2.03. The van der Waals surface area contributed by atoms with E-state index < -0.39 is 0 Å². The Morgan fingerprint density at radius 1 is 1.24 bits per heavy atom. The topological polar surface area (TPSA) is 88.3 Å². The first-order valence-electron chi connectivity index (χ1n) is 7.33. The molecule has 1 heterocycles. The van der Waals surface area contributed by atoms with E-state index in [2.05, 4.69) is 15.5 Å². The molecule has 0 aliphatic rings. The second-order valence-electron chi connectivity index (χ2n) is 5.22. The van der Waals surface area contributed by atoms with Gasteiger partial charge in [0.05, 0.1) is 5.75 Å². The highest BCUT2D eigenvalue weighted by molar-refractivity contribution is 7.99. The average Bonchev–Trinajstić information content (AvgIpc) is 3.06. The van der Waals surface area contributed by atoms with Gasteiger partial charge >= 0.3 is 0 Å². The molecule has 1 aromatic heterocycles. The van der Waals surface area contributed by atoms with Crippen LogP contribution in [0, 0.1) is 12.7 Å². The van der Waals surface area contributed by atoms with E-state index in [0.717, 1.165) is 11.8 Å². The van der Waals surface area contributed by atoms with Crippen molar-refractivity contribution in [1.82, 2.24) is 10.2 Å². The molecule has 128 valence electrons. The first-order chi connectivity index (χ1) is 12.0. The summed E-state index contributed by atoms with van der Waals surface area (Å²) in [5, 5.41) is 20.2. The van der Waals surface area contributed by atoms with Gasteiger partial charge in [0, 0.05) is 11.3 Å². The Morgan fingerprint density at radius 3 is 2.72 bits per heavy atom. The van der Waals surface area contributed by atoms with E-state index in [9.17, 15) is 14.3 Å². The van der Waals surface area contributed by atoms with Gasteiger partial charge in [-0.3, -0.25) is 4.79 Å². The largest absolute Gasteiger partial charge is 0.508 e. The summed E-state index contributed by atoms with van der Waals surface area (Å²) in [6, 6.07) is 10.5. The molecule has 0 aliphatic heterocycles. The van der Waals surface area contributed by atoms with Crippen molar-refractivity contribution in [2.75, 3.05) is 11.1 Å². The molecule has 0 unspecified atom stereocenters. The minimum absolute atomic E-state index is 0.0883. The lowest BCUT2D eigenvalue weighted by atomic mass is 10.2. The molecular weight excluding hydrogens is 345 g/mol. The molecule has 3 aromatic rings. The number of carbonyl (C=O) groups excluding carboxylic acids is 1. The Kier molecular flexibility index (Phi) is 4.99. The number of halogens is 1. The van der Waals surface area contributed by atoms with Gasteiger partial charge in [-0.25, -0.2) is 4.39 Å². The van der Waals surface area contributed by atoms with E-state index >= 15 is 0 Å². The Morgan fingerprint density at radius 2 is 2.00 bits per heavy atom. The number of anilines is 1. The number of benzene rings is 2. The molecule has 6 nitrogen and oxygen atoms in total. The van der Waals surface area contributed by atoms with Crippen LogP contribution in [0.4, 0.5) is 10.1 Å². The number of aromatic hydroxyl groups is 1. The van der Waals surface area contributed by atoms with Crippen LogP contribution >= 0.6 is 11.8 Å². The van der Waals surface area contributed by atoms with E-state index in [1.54, 1.807) is 19.1 Å². The number of phenols is 1. The first-order valence-corrected chi connectivity index (χ1v) is 8.31. The van der Waals surface area contributed by atoms with Gasteiger partial charge in [-0.1, -0.05) is 11.8 Å². The van der Waals surface area contributed by atoms with Crippen molar-refractivity contribution < 1.29 is 18.7 Å². The van der Waals surface area contributed by atoms with Crippen molar-refractivity contribution in [3.63, 3.8) is 0 Å². The summed E-state index contributed by atoms with van der Waals surface area (Å²) in [4.78, 5) is 12.0. The average molecular weight is 359 g/mol. The van der Waals surface area contributed by atoms with E-state index in [0.29, 0.717) is 16.8 Å². The molecule has 0 aliphatic carbocycles. The van der Waals surface area contributed by atoms with Crippen LogP contribution in [0.2, 0.25) is 0 Å². The zero-order valence-electron chi connectivity index (χ0n) is 13.2. The molecule has 3 rings (SSSR count). The molecule has 2 aromatic carbocycles. The minimum Gasteiger partial charge on any atom is -0.508 e. The van der Waals surface area contributed by atoms with Gasteiger partial charge in [0.2, 0.25) is 11.8 Å². The molecule has 0 radical (unpaired) electrons. The lowest BCUT2D eigenvalue weighted by Crippen LogP contribution is -2.14. The summed E-state index contributed by atoms with van der Waals surface area (Å²) in [7, 11) is 0. The Balaban J connectivity index is 1.57. The quantitative estimate of drug-likeness (QED) is 0.534. The van der Waals surface area contributed by atoms with Gasteiger partial charge < -0.3 is 14.8 Å². The Bertz CT molecular complexity index is 896. The van der Waals surface area contributed by atoms with Crippen molar-refractivity contribution in [2.24, 2.45) is 0 Å². The molecule has 1 amide bonds. The Hall–Kier alpha value is -2.87. The summed E-state index contributed by atoms with van der Waals surface area (Å²) in [5.74, 6) is -0.0652. The second kappa shape index (κ2) is 7.35. The maximum Gasteiger partial charge on any atom is 0.277 e. The van der Waals surface area contributed by atoms with Crippen LogP contribution in [-0.4, -0.2) is 27.0 Å². The monoisotopic (exact) mass is 359 g/mol. The van der Waals surface area contributed by atoms with Crippen LogP contribution in [-0.2, 0) is 4.79 Å². The number of nitrogens with zero attached hydrogens (tertiary/aromatic N) is 2. The van der Waals surface area contributed by atoms with Gasteiger partial charge in [-0.15, -0.1) is 10.2 Å². The van der Waals surface area contributed by atoms with Crippen molar-refractivity contribution in [2.45, 2.75) is 12.1 Å². The predicted octanol–water partition coefficient (Wildman–Crippen LogP) is 3.62. The molecule has 0 spiro atoms. The number of aryl methyl sites for hydroxylation is 1. The van der Waals surface area contributed by atoms with Gasteiger partial charge in [-0.2, -0.15) is 0 Å². The standard InChI is InChI=1S/C17H14FN3O3S/c1-10-8-13(6-7-14(10)22)19-15(23)9-25-17-21-20-16(24-17)11-2-4-12(18)5-3-11/h2-8,22H,9H2,1H3,(H,19,23). The zero-order valence-corrected chi connectivity index (χ0v) is 14.0. The molecule has 0 bridgehead atoms. The molecule has 0 fully saturated rings. The summed E-state index contributed by atoms with van der Waals surface area (Å²) in [6.07, 6.45) is 0. The maximum absolute atomic E-state index is 12.9. The number of thioether (sulfide) groups is 1. The number of carbonyl (C=O) groups is 1. The lowest BCUT2D eigenvalue weighted by molar-refractivity contribution is -0.113. The third-order valence-electron chi connectivity index (χ3n) is 3.30. The SMILES string of the molecule is Cc1cc(NC(=O)CSc2nnc(-c3ccc(F)cc3)o2)ccc1O. The van der Waals surface area contributed by atoms with Gasteiger partial charge in [-0.05, 0) is 55.0 Å². The maximum atomic E-state index is 12.9. The van der Waals surface area contributed by atoms with E-state index in [1.807, 2.05) is 0 Å². The van der Waals surface area contributed by atoms with Crippen molar-refractivity contribution in [3.8, 4) is 17.2 Å². The predicted molar refractivity (Wildman–Crippen MR) is 91.9 cm³/mol. The van der Waals surface area contributed by atoms with Gasteiger partial charge in [0.25, 0.3) is 5.22 Å². The molecular formula is C17H14FN3O3S. The van der Waals surface area contributed by atoms with Crippen molar-refractivity contribution in [1.29, 1.82) is 0 Å². The summed E-state index contributed by atoms with van der Waals surface area (Å²) in [5.41, 5.74) is 1.87. The number of amides is 1. The van der Waals surface area contributed by atoms with Crippen LogP contribution in [0.25, 0.3) is 11.5 Å². The number of phenolic OH excluding ortho intramolecular Hbond substituents is 1. The number of rotatable bonds is 5. The third kappa shape index (κ3) is 4.36. The molecule has 0 saturated carbocycles. The highest BCUT2D eigenvalue weighted by Gasteiger charge is 2.12. The number of nitrogens with one attached hydrogen (secondary N) is 1. The zero-order chi connectivity index (χ0) is 17.8. The fourth-order valence-corrected chi connectivity index (χ4v) is 2.60. The van der Waals surface area contributed by atoms with Crippen LogP contribution in [0.3, 0.4) is 0 Å². The summed E-state index contributed by atoms with van der Waals surface area (Å²) < 4.78 is 18.4. The molecule has 0 saturated heterocycles. The summed E-state index contributed by atoms with van der Waals surface area (Å²) >= 11 is 1.10. The number of hydrogen-bond donors (Lipinski definition) is 2. The van der Waals surface area contributed by atoms with Crippen LogP contribution in [0.5, 0.6) is 5.75 Å². The highest BCUT2D eigenvalue weighted by atomic mass is 32.2. The number of aromatic nitrogens is 2. The van der Waals surface area contributed by atoms with Crippen LogP contribution in [0.15, 0.2) is 52.1 Å². The number of hydrogen-bond acceptors (Lipinski definition) is 6. The van der Waals surface area contributed by atoms with E-state index in [-0.39, 0.29) is 34.3 Å². The van der Waals surface area contributed by atoms with Crippen molar-refractivity contribution >= 4 is 23.4 Å². The lowest BCUT2D eigenvalue weighted by Gasteiger charge is -2.06. The fraction of sp³-hybridized carbons (Fsp3) is 0.118. The second-order valence-corrected chi connectivity index (χ2v) is 6.14. The van der Waals surface area contributed by atoms with Gasteiger partial charge in [0.1, 0.15) is 11.6 Å². The minimum atomic E-state index is -0.348.